The number of thioether (sulfide) groups is 1. The first-order valence-corrected chi connectivity index (χ1v) is 11.9. The van der Waals surface area contributed by atoms with E-state index >= 15 is 0 Å². The van der Waals surface area contributed by atoms with Gasteiger partial charge in [0.05, 0.1) is 23.5 Å². The first-order valence-electron chi connectivity index (χ1n) is 8.43. The molecular weight excluding hydrogens is 468 g/mol. The van der Waals surface area contributed by atoms with Crippen molar-refractivity contribution in [2.45, 2.75) is 4.21 Å². The summed E-state index contributed by atoms with van der Waals surface area (Å²) in [4.78, 5) is 14.4. The smallest absolute Gasteiger partial charge is 0.294 e. The zero-order valence-corrected chi connectivity index (χ0v) is 19.2. The molecule has 1 fully saturated rings. The Labute approximate surface area is 187 Å². The molecule has 1 aliphatic rings. The number of amides is 1. The summed E-state index contributed by atoms with van der Waals surface area (Å²) < 4.78 is 39.9. The minimum atomic E-state index is -4.00. The summed E-state index contributed by atoms with van der Waals surface area (Å²) in [5.41, 5.74) is 0.691. The van der Waals surface area contributed by atoms with E-state index in [2.05, 4.69) is 11.0 Å². The number of nitrogens with zero attached hydrogens (tertiary/aromatic N) is 2. The fourth-order valence-corrected chi connectivity index (χ4v) is 6.20. The highest BCUT2D eigenvalue weighted by Gasteiger charge is 2.34. The average molecular weight is 485 g/mol. The molecule has 0 radical (unpaired) electrons. The number of amidine groups is 1. The molecule has 0 spiro atoms. The lowest BCUT2D eigenvalue weighted by atomic mass is 10.2. The van der Waals surface area contributed by atoms with Gasteiger partial charge in [-0.3, -0.25) is 9.69 Å². The molecule has 158 valence electrons. The molecule has 0 unspecified atom stereocenters. The van der Waals surface area contributed by atoms with Crippen LogP contribution in [0.2, 0.25) is 4.34 Å². The SMILES string of the molecule is C=CCN1C(=O)C(=Cc2ccc(OC)c(OC)c2)SC1=NS(=O)(=O)c1ccc(Cl)s1. The van der Waals surface area contributed by atoms with Crippen LogP contribution in [-0.2, 0) is 14.8 Å². The molecule has 3 rings (SSSR count). The summed E-state index contributed by atoms with van der Waals surface area (Å²) in [6, 6.07) is 8.07. The van der Waals surface area contributed by atoms with Gasteiger partial charge in [0.15, 0.2) is 16.7 Å². The maximum atomic E-state index is 12.9. The van der Waals surface area contributed by atoms with Gasteiger partial charge in [0.1, 0.15) is 4.21 Å². The van der Waals surface area contributed by atoms with Crippen LogP contribution >= 0.6 is 34.7 Å². The van der Waals surface area contributed by atoms with Crippen LogP contribution in [0.5, 0.6) is 11.5 Å². The van der Waals surface area contributed by atoms with Crippen LogP contribution in [0.3, 0.4) is 0 Å². The minimum Gasteiger partial charge on any atom is -0.493 e. The molecule has 1 aromatic heterocycles. The maximum absolute atomic E-state index is 12.9. The van der Waals surface area contributed by atoms with Crippen molar-refractivity contribution in [1.82, 2.24) is 4.90 Å². The highest BCUT2D eigenvalue weighted by atomic mass is 35.5. The molecule has 2 aromatic rings. The van der Waals surface area contributed by atoms with E-state index in [-0.39, 0.29) is 21.8 Å². The largest absolute Gasteiger partial charge is 0.493 e. The summed E-state index contributed by atoms with van der Waals surface area (Å²) in [6.45, 7) is 3.75. The Morgan fingerprint density at radius 2 is 1.93 bits per heavy atom. The van der Waals surface area contributed by atoms with Crippen molar-refractivity contribution < 1.29 is 22.7 Å². The van der Waals surface area contributed by atoms with E-state index in [9.17, 15) is 13.2 Å². The third-order valence-electron chi connectivity index (χ3n) is 3.91. The summed E-state index contributed by atoms with van der Waals surface area (Å²) >= 11 is 7.71. The number of rotatable bonds is 7. The topological polar surface area (TPSA) is 85.3 Å². The third-order valence-corrected chi connectivity index (χ3v) is 7.99. The summed E-state index contributed by atoms with van der Waals surface area (Å²) in [7, 11) is -0.957. The highest BCUT2D eigenvalue weighted by Crippen LogP contribution is 2.36. The molecular formula is C19H17ClN2O5S3. The van der Waals surface area contributed by atoms with E-state index in [0.29, 0.717) is 26.3 Å². The van der Waals surface area contributed by atoms with Gasteiger partial charge < -0.3 is 9.47 Å². The Morgan fingerprint density at radius 3 is 2.53 bits per heavy atom. The molecule has 0 N–H and O–H groups in total. The van der Waals surface area contributed by atoms with Crippen LogP contribution in [0, 0.1) is 0 Å². The highest BCUT2D eigenvalue weighted by molar-refractivity contribution is 8.19. The van der Waals surface area contributed by atoms with Crippen LogP contribution in [-0.4, -0.2) is 45.2 Å². The van der Waals surface area contributed by atoms with Gasteiger partial charge in [0.2, 0.25) is 0 Å². The number of hydrogen-bond acceptors (Lipinski definition) is 7. The van der Waals surface area contributed by atoms with Gasteiger partial charge >= 0.3 is 0 Å². The number of carbonyl (C=O) groups excluding carboxylic acids is 1. The summed E-state index contributed by atoms with van der Waals surface area (Å²) in [6.07, 6.45) is 3.14. The number of sulfonamides is 1. The maximum Gasteiger partial charge on any atom is 0.294 e. The van der Waals surface area contributed by atoms with Gasteiger partial charge in [0, 0.05) is 6.54 Å². The van der Waals surface area contributed by atoms with Crippen molar-refractivity contribution in [3.8, 4) is 11.5 Å². The molecule has 0 saturated carbocycles. The number of halogens is 1. The van der Waals surface area contributed by atoms with E-state index < -0.39 is 10.0 Å². The van der Waals surface area contributed by atoms with Crippen molar-refractivity contribution >= 4 is 61.9 Å². The number of methoxy groups -OCH3 is 2. The Morgan fingerprint density at radius 1 is 1.20 bits per heavy atom. The summed E-state index contributed by atoms with van der Waals surface area (Å²) in [5.74, 6) is 0.699. The van der Waals surface area contributed by atoms with Crippen molar-refractivity contribution in [2.75, 3.05) is 20.8 Å². The third kappa shape index (κ3) is 4.72. The van der Waals surface area contributed by atoms with Crippen molar-refractivity contribution in [3.05, 3.63) is 57.8 Å². The molecule has 1 aromatic carbocycles. The van der Waals surface area contributed by atoms with Crippen molar-refractivity contribution in [1.29, 1.82) is 0 Å². The van der Waals surface area contributed by atoms with E-state index in [1.807, 2.05) is 0 Å². The average Bonchev–Trinajstić information content (AvgIpc) is 3.27. The first-order chi connectivity index (χ1) is 14.3. The van der Waals surface area contributed by atoms with E-state index in [1.165, 1.54) is 37.3 Å². The molecule has 11 heteroatoms. The standard InChI is InChI=1S/C19H17ClN2O5S3/c1-4-9-22-18(23)15(11-12-5-6-13(26-2)14(10-12)27-3)28-19(22)21-30(24,25)17-8-7-16(20)29-17/h4-8,10-11H,1,9H2,2-3H3. The minimum absolute atomic E-state index is 0.00363. The van der Waals surface area contributed by atoms with Gasteiger partial charge in [-0.1, -0.05) is 23.7 Å². The Balaban J connectivity index is 1.99. The predicted molar refractivity (Wildman–Crippen MR) is 121 cm³/mol. The molecule has 1 saturated heterocycles. The van der Waals surface area contributed by atoms with Gasteiger partial charge in [0.25, 0.3) is 15.9 Å². The zero-order chi connectivity index (χ0) is 21.9. The summed E-state index contributed by atoms with van der Waals surface area (Å²) in [5, 5.41) is 0.0520. The van der Waals surface area contributed by atoms with Gasteiger partial charge in [-0.25, -0.2) is 0 Å². The Bertz CT molecular complexity index is 1150. The normalized spacial score (nSPS) is 17.0. The molecule has 0 atom stereocenters. The zero-order valence-electron chi connectivity index (χ0n) is 16.0. The van der Waals surface area contributed by atoms with E-state index in [4.69, 9.17) is 21.1 Å². The number of ether oxygens (including phenoxy) is 2. The Hall–Kier alpha value is -2.27. The van der Waals surface area contributed by atoms with Crippen LogP contribution in [0.15, 0.2) is 56.5 Å². The van der Waals surface area contributed by atoms with E-state index in [0.717, 1.165) is 23.1 Å². The molecule has 30 heavy (non-hydrogen) atoms. The second-order valence-corrected chi connectivity index (χ2v) is 10.4. The second kappa shape index (κ2) is 9.25. The number of hydrogen-bond donors (Lipinski definition) is 0. The fraction of sp³-hybridized carbons (Fsp3) is 0.158. The molecule has 0 aliphatic carbocycles. The lowest BCUT2D eigenvalue weighted by Crippen LogP contribution is -2.29. The molecule has 1 amide bonds. The number of carbonyl (C=O) groups is 1. The van der Waals surface area contributed by atoms with Crippen molar-refractivity contribution in [2.24, 2.45) is 4.40 Å². The predicted octanol–water partition coefficient (Wildman–Crippen LogP) is 4.27. The molecule has 2 heterocycles. The molecule has 1 aliphatic heterocycles. The van der Waals surface area contributed by atoms with Gasteiger partial charge in [-0.2, -0.15) is 8.42 Å². The van der Waals surface area contributed by atoms with Crippen LogP contribution in [0.25, 0.3) is 6.08 Å². The lowest BCUT2D eigenvalue weighted by Gasteiger charge is -2.12. The molecule has 0 bridgehead atoms. The van der Waals surface area contributed by atoms with Crippen LogP contribution in [0.4, 0.5) is 0 Å². The first kappa shape index (κ1) is 22.4. The lowest BCUT2D eigenvalue weighted by molar-refractivity contribution is -0.121. The van der Waals surface area contributed by atoms with Crippen molar-refractivity contribution in [3.63, 3.8) is 0 Å². The monoisotopic (exact) mass is 484 g/mol. The fourth-order valence-electron chi connectivity index (χ4n) is 2.54. The van der Waals surface area contributed by atoms with Gasteiger partial charge in [-0.05, 0) is 47.7 Å². The van der Waals surface area contributed by atoms with Gasteiger partial charge in [-0.15, -0.1) is 22.3 Å². The van der Waals surface area contributed by atoms with Crippen LogP contribution < -0.4 is 9.47 Å². The quantitative estimate of drug-likeness (QED) is 0.431. The Kier molecular flexibility index (Phi) is 6.91. The number of thiophene rings is 1. The number of benzene rings is 1. The van der Waals surface area contributed by atoms with Crippen LogP contribution in [0.1, 0.15) is 5.56 Å². The second-order valence-electron chi connectivity index (χ2n) is 5.84. The van der Waals surface area contributed by atoms with E-state index in [1.54, 1.807) is 24.3 Å². The molecule has 7 nitrogen and oxygen atoms in total.